The smallest absolute Gasteiger partial charge is 0.227 e. The molecule has 2 heterocycles. The number of methoxy groups -OCH3 is 1. The number of carbonyl (C=O) groups excluding carboxylic acids is 1. The number of nitrogens with one attached hydrogen (secondary N) is 2. The van der Waals surface area contributed by atoms with E-state index in [1.165, 1.54) is 11.1 Å². The predicted molar refractivity (Wildman–Crippen MR) is 121 cm³/mol. The van der Waals surface area contributed by atoms with Crippen LogP contribution < -0.4 is 0 Å². The van der Waals surface area contributed by atoms with Gasteiger partial charge in [0.1, 0.15) is 5.69 Å². The molecule has 30 heavy (non-hydrogen) atoms. The highest BCUT2D eigenvalue weighted by Gasteiger charge is 2.27. The van der Waals surface area contributed by atoms with E-state index < -0.39 is 0 Å². The van der Waals surface area contributed by atoms with Gasteiger partial charge in [0, 0.05) is 37.5 Å². The Labute approximate surface area is 180 Å². The van der Waals surface area contributed by atoms with Crippen molar-refractivity contribution in [2.75, 3.05) is 20.8 Å². The van der Waals surface area contributed by atoms with Gasteiger partial charge in [0.05, 0.1) is 24.3 Å². The number of rotatable bonds is 7. The van der Waals surface area contributed by atoms with Crippen LogP contribution in [0.25, 0.3) is 17.5 Å². The molecule has 0 bridgehead atoms. The third-order valence-electron chi connectivity index (χ3n) is 5.98. The maximum atomic E-state index is 12.7. The van der Waals surface area contributed by atoms with Crippen molar-refractivity contribution in [1.82, 2.24) is 20.1 Å². The molecule has 0 spiro atoms. The topological polar surface area (TPSA) is 74.0 Å². The molecule has 6 nitrogen and oxygen atoms in total. The lowest BCUT2D eigenvalue weighted by molar-refractivity contribution is -0.136. The fourth-order valence-electron chi connectivity index (χ4n) is 4.03. The molecule has 6 heteroatoms. The van der Waals surface area contributed by atoms with Gasteiger partial charge in [-0.2, -0.15) is 5.10 Å². The molecule has 2 atom stereocenters. The zero-order valence-electron chi connectivity index (χ0n) is 19.4. The number of H-pyrrole nitrogens is 2. The monoisotopic (exact) mass is 412 g/mol. The second-order valence-electron chi connectivity index (χ2n) is 9.79. The Morgan fingerprint density at radius 2 is 2.13 bits per heavy atom. The van der Waals surface area contributed by atoms with Crippen LogP contribution in [-0.2, 0) is 22.4 Å². The number of carbonyl (C=O) groups is 1. The van der Waals surface area contributed by atoms with Gasteiger partial charge in [-0.25, -0.2) is 0 Å². The van der Waals surface area contributed by atoms with Crippen LogP contribution >= 0.6 is 0 Å². The summed E-state index contributed by atoms with van der Waals surface area (Å²) in [5.41, 5.74) is 7.07. The third-order valence-corrected chi connectivity index (χ3v) is 5.98. The number of aromatic nitrogens is 3. The number of hydrogen-bond donors (Lipinski definition) is 2. The molecule has 0 radical (unpaired) electrons. The normalized spacial score (nSPS) is 17.1. The van der Waals surface area contributed by atoms with E-state index in [1.807, 2.05) is 18.9 Å². The zero-order chi connectivity index (χ0) is 22.1. The summed E-state index contributed by atoms with van der Waals surface area (Å²) in [4.78, 5) is 18.1. The molecular weight excluding hydrogens is 376 g/mol. The summed E-state index contributed by atoms with van der Waals surface area (Å²) in [6.45, 7) is 11.2. The molecule has 2 unspecified atom stereocenters. The van der Waals surface area contributed by atoms with E-state index in [-0.39, 0.29) is 23.3 Å². The highest BCUT2D eigenvalue weighted by Crippen LogP contribution is 2.32. The molecule has 1 aliphatic carbocycles. The van der Waals surface area contributed by atoms with Crippen LogP contribution in [0.3, 0.4) is 0 Å². The molecule has 2 aromatic heterocycles. The van der Waals surface area contributed by atoms with Gasteiger partial charge in [0.25, 0.3) is 0 Å². The molecule has 1 amide bonds. The maximum Gasteiger partial charge on any atom is 0.227 e. The minimum atomic E-state index is -0.147. The molecule has 0 fully saturated rings. The molecule has 1 aliphatic rings. The molecule has 2 aromatic rings. The number of aromatic amines is 2. The number of fused-ring (bicyclic) bond motifs is 1. The van der Waals surface area contributed by atoms with Crippen molar-refractivity contribution in [3.05, 3.63) is 34.7 Å². The Morgan fingerprint density at radius 1 is 1.40 bits per heavy atom. The van der Waals surface area contributed by atoms with Crippen LogP contribution in [0.15, 0.2) is 12.1 Å². The number of hydrogen-bond acceptors (Lipinski definition) is 3. The van der Waals surface area contributed by atoms with Crippen molar-refractivity contribution in [1.29, 1.82) is 0 Å². The van der Waals surface area contributed by atoms with Gasteiger partial charge in [-0.15, -0.1) is 0 Å². The van der Waals surface area contributed by atoms with Crippen molar-refractivity contribution < 1.29 is 9.53 Å². The molecule has 0 saturated heterocycles. The summed E-state index contributed by atoms with van der Waals surface area (Å²) >= 11 is 0. The van der Waals surface area contributed by atoms with Crippen molar-refractivity contribution in [3.8, 4) is 11.4 Å². The van der Waals surface area contributed by atoms with Crippen LogP contribution in [0, 0.1) is 18.3 Å². The van der Waals surface area contributed by atoms with Gasteiger partial charge >= 0.3 is 0 Å². The number of amides is 1. The fourth-order valence-corrected chi connectivity index (χ4v) is 4.03. The van der Waals surface area contributed by atoms with E-state index in [4.69, 9.17) is 4.74 Å². The van der Waals surface area contributed by atoms with Crippen LogP contribution in [0.5, 0.6) is 0 Å². The summed E-state index contributed by atoms with van der Waals surface area (Å²) < 4.78 is 5.14. The Bertz CT molecular complexity index is 916. The van der Waals surface area contributed by atoms with E-state index >= 15 is 0 Å². The van der Waals surface area contributed by atoms with Crippen molar-refractivity contribution in [2.24, 2.45) is 11.3 Å². The highest BCUT2D eigenvalue weighted by atomic mass is 16.5. The van der Waals surface area contributed by atoms with Crippen LogP contribution in [0.2, 0.25) is 0 Å². The van der Waals surface area contributed by atoms with Crippen molar-refractivity contribution in [3.63, 3.8) is 0 Å². The van der Waals surface area contributed by atoms with Gasteiger partial charge in [-0.05, 0) is 36.8 Å². The lowest BCUT2D eigenvalue weighted by atomic mass is 9.88. The standard InChI is InChI=1S/C24H36N4O2/c1-15(14-30-7)23(29)28(6)18-9-8-17-12-21(25-20(17)13-18)22-19(16(2)26-27-22)10-11-24(3,4)5/h8-9,12,15,18,25H,10-11,13-14H2,1-7H3,(H,26,27). The van der Waals surface area contributed by atoms with Gasteiger partial charge in [-0.3, -0.25) is 9.89 Å². The number of likely N-dealkylation sites (N-methyl/N-ethyl adjacent to an activating group) is 1. The van der Waals surface area contributed by atoms with E-state index in [0.717, 1.165) is 42.0 Å². The van der Waals surface area contributed by atoms with E-state index in [0.29, 0.717) is 6.61 Å². The second kappa shape index (κ2) is 8.80. The lowest BCUT2D eigenvalue weighted by Crippen LogP contribution is -2.42. The summed E-state index contributed by atoms with van der Waals surface area (Å²) in [7, 11) is 3.50. The van der Waals surface area contributed by atoms with Crippen molar-refractivity contribution >= 4 is 12.0 Å². The molecule has 164 valence electrons. The summed E-state index contributed by atoms with van der Waals surface area (Å²) in [6.07, 6.45) is 7.11. The average molecular weight is 413 g/mol. The molecule has 0 saturated carbocycles. The minimum Gasteiger partial charge on any atom is -0.384 e. The van der Waals surface area contributed by atoms with Gasteiger partial charge < -0.3 is 14.6 Å². The number of aryl methyl sites for hydroxylation is 1. The number of ether oxygens (including phenoxy) is 1. The quantitative estimate of drug-likeness (QED) is 0.709. The van der Waals surface area contributed by atoms with Gasteiger partial charge in [0.15, 0.2) is 0 Å². The Morgan fingerprint density at radius 3 is 2.80 bits per heavy atom. The average Bonchev–Trinajstić information content (AvgIpc) is 3.27. The first kappa shape index (κ1) is 22.3. The van der Waals surface area contributed by atoms with E-state index in [1.54, 1.807) is 7.11 Å². The Hall–Kier alpha value is -2.34. The largest absolute Gasteiger partial charge is 0.384 e. The predicted octanol–water partition coefficient (Wildman–Crippen LogP) is 4.37. The maximum absolute atomic E-state index is 12.7. The third kappa shape index (κ3) is 4.86. The molecular formula is C24H36N4O2. The summed E-state index contributed by atoms with van der Waals surface area (Å²) in [6, 6.07) is 2.21. The fraction of sp³-hybridized carbons (Fsp3) is 0.583. The van der Waals surface area contributed by atoms with Gasteiger partial charge in [-0.1, -0.05) is 39.8 Å². The zero-order valence-corrected chi connectivity index (χ0v) is 19.4. The summed E-state index contributed by atoms with van der Waals surface area (Å²) in [5.74, 6) is -0.0412. The second-order valence-corrected chi connectivity index (χ2v) is 9.79. The molecule has 3 rings (SSSR count). The first-order chi connectivity index (χ1) is 14.1. The highest BCUT2D eigenvalue weighted by molar-refractivity contribution is 5.79. The molecule has 0 aliphatic heterocycles. The SMILES string of the molecule is COCC(C)C(=O)N(C)C1C=Cc2cc(-c3n[nH]c(C)c3CCC(C)(C)C)[nH]c2C1. The summed E-state index contributed by atoms with van der Waals surface area (Å²) in [5, 5.41) is 7.76. The van der Waals surface area contributed by atoms with Gasteiger partial charge in [0.2, 0.25) is 5.91 Å². The first-order valence-corrected chi connectivity index (χ1v) is 10.8. The lowest BCUT2D eigenvalue weighted by Gasteiger charge is -2.29. The van der Waals surface area contributed by atoms with Crippen LogP contribution in [-0.4, -0.2) is 52.8 Å². The van der Waals surface area contributed by atoms with Crippen LogP contribution in [0.1, 0.15) is 56.6 Å². The van der Waals surface area contributed by atoms with Crippen LogP contribution in [0.4, 0.5) is 0 Å². The Kier molecular flexibility index (Phi) is 6.56. The minimum absolute atomic E-state index is 0.0390. The molecule has 2 N–H and O–H groups in total. The van der Waals surface area contributed by atoms with Crippen molar-refractivity contribution in [2.45, 2.75) is 59.9 Å². The molecule has 0 aromatic carbocycles. The first-order valence-electron chi connectivity index (χ1n) is 10.8. The Balaban J connectivity index is 1.78. The van der Waals surface area contributed by atoms with E-state index in [2.05, 4.69) is 61.1 Å². The number of nitrogens with zero attached hydrogens (tertiary/aromatic N) is 2. The van der Waals surface area contributed by atoms with E-state index in [9.17, 15) is 4.79 Å².